The first-order valence-electron chi connectivity index (χ1n) is 8.90. The van der Waals surface area contributed by atoms with Gasteiger partial charge in [0.15, 0.2) is 0 Å². The van der Waals surface area contributed by atoms with Gasteiger partial charge in [-0.3, -0.25) is 4.79 Å². The van der Waals surface area contributed by atoms with Crippen LogP contribution in [0, 0.1) is 0 Å². The Hall–Kier alpha value is -2.45. The summed E-state index contributed by atoms with van der Waals surface area (Å²) in [5, 5.41) is 1.42. The van der Waals surface area contributed by atoms with E-state index in [0.717, 1.165) is 5.39 Å². The van der Waals surface area contributed by atoms with E-state index >= 15 is 0 Å². The van der Waals surface area contributed by atoms with Crippen molar-refractivity contribution in [2.24, 2.45) is 0 Å². The molecule has 0 saturated heterocycles. The lowest BCUT2D eigenvalue weighted by atomic mass is 10.0. The molecule has 0 unspecified atom stereocenters. The summed E-state index contributed by atoms with van der Waals surface area (Å²) in [5.74, 6) is -0.813. The first-order chi connectivity index (χ1) is 13.1. The molecule has 3 rings (SSSR count). The maximum Gasteiger partial charge on any atom is 0.324 e. The molecule has 0 aliphatic carbocycles. The Morgan fingerprint density at radius 2 is 1.86 bits per heavy atom. The minimum absolute atomic E-state index is 0.0440. The summed E-state index contributed by atoms with van der Waals surface area (Å²) in [6, 6.07) is 10.4. The molecule has 0 fully saturated rings. The average Bonchev–Trinajstić information content (AvgIpc) is 2.98. The molecule has 3 aromatic rings. The van der Waals surface area contributed by atoms with Crippen molar-refractivity contribution in [2.45, 2.75) is 43.8 Å². The van der Waals surface area contributed by atoms with Crippen LogP contribution in [0.3, 0.4) is 0 Å². The van der Waals surface area contributed by atoms with Gasteiger partial charge in [0.25, 0.3) is 0 Å². The molecule has 150 valence electrons. The molecule has 0 radical (unpaired) electrons. The number of halogens is 1. The van der Waals surface area contributed by atoms with E-state index in [1.165, 1.54) is 26.0 Å². The molecule has 1 heterocycles. The highest BCUT2D eigenvalue weighted by molar-refractivity contribution is 7.89. The van der Waals surface area contributed by atoms with Crippen molar-refractivity contribution in [2.75, 3.05) is 6.61 Å². The number of para-hydroxylation sites is 1. The van der Waals surface area contributed by atoms with Crippen LogP contribution in [0.1, 0.15) is 27.2 Å². The zero-order valence-corrected chi connectivity index (χ0v) is 16.7. The van der Waals surface area contributed by atoms with E-state index in [0.29, 0.717) is 16.6 Å². The van der Waals surface area contributed by atoms with Crippen LogP contribution >= 0.6 is 0 Å². The number of carbonyl (C=O) groups is 1. The van der Waals surface area contributed by atoms with Crippen molar-refractivity contribution in [1.29, 1.82) is 0 Å². The number of benzene rings is 2. The molecular weight excluding hydrogens is 385 g/mol. The van der Waals surface area contributed by atoms with E-state index in [4.69, 9.17) is 9.15 Å². The predicted molar refractivity (Wildman–Crippen MR) is 104 cm³/mol. The van der Waals surface area contributed by atoms with Gasteiger partial charge in [0, 0.05) is 17.2 Å². The number of esters is 1. The first-order valence-corrected chi connectivity index (χ1v) is 10.4. The van der Waals surface area contributed by atoms with E-state index in [2.05, 4.69) is 4.72 Å². The molecule has 1 N–H and O–H groups in total. The highest BCUT2D eigenvalue weighted by Crippen LogP contribution is 2.30. The molecule has 8 heteroatoms. The molecule has 0 spiro atoms. The number of furan rings is 1. The lowest BCUT2D eigenvalue weighted by molar-refractivity contribution is -0.146. The third-order valence-corrected chi connectivity index (χ3v) is 5.69. The second-order valence-corrected chi connectivity index (χ2v) is 8.82. The summed E-state index contributed by atoms with van der Waals surface area (Å²) in [6.45, 7) is 4.22. The number of sulfonamides is 1. The van der Waals surface area contributed by atoms with E-state index < -0.39 is 27.7 Å². The van der Waals surface area contributed by atoms with Crippen molar-refractivity contribution in [3.63, 3.8) is 0 Å². The molecule has 2 aromatic carbocycles. The average molecular weight is 407 g/mol. The molecule has 0 amide bonds. The third-order valence-electron chi connectivity index (χ3n) is 4.22. The molecule has 28 heavy (non-hydrogen) atoms. The predicted octanol–water partition coefficient (Wildman–Crippen LogP) is 3.93. The number of fused-ring (bicyclic) bond motifs is 3. The molecule has 0 aliphatic heterocycles. The van der Waals surface area contributed by atoms with E-state index in [1.54, 1.807) is 19.1 Å². The maximum absolute atomic E-state index is 14.1. The largest absolute Gasteiger partial charge is 0.465 e. The van der Waals surface area contributed by atoms with Gasteiger partial charge in [-0.05, 0) is 45.0 Å². The van der Waals surface area contributed by atoms with Crippen molar-refractivity contribution >= 4 is 37.9 Å². The number of carbonyl (C=O) groups excluding carboxylic acids is 1. The number of rotatable bonds is 7. The maximum atomic E-state index is 14.1. The minimum atomic E-state index is -4.09. The summed E-state index contributed by atoms with van der Waals surface area (Å²) >= 11 is 0. The van der Waals surface area contributed by atoms with Crippen LogP contribution in [0.15, 0.2) is 51.8 Å². The minimum Gasteiger partial charge on any atom is -0.465 e. The van der Waals surface area contributed by atoms with Gasteiger partial charge in [-0.15, -0.1) is 0 Å². The van der Waals surface area contributed by atoms with Gasteiger partial charge in [0.1, 0.15) is 22.9 Å². The molecule has 0 saturated carbocycles. The number of ether oxygens (including phenoxy) is 1. The second kappa shape index (κ2) is 7.52. The van der Waals surface area contributed by atoms with Gasteiger partial charge in [-0.2, -0.15) is 4.72 Å². The molecule has 1 atom stereocenters. The Morgan fingerprint density at radius 1 is 1.18 bits per heavy atom. The molecule has 0 bridgehead atoms. The van der Waals surface area contributed by atoms with Crippen molar-refractivity contribution < 1.29 is 26.8 Å². The Morgan fingerprint density at radius 3 is 2.54 bits per heavy atom. The Bertz CT molecular complexity index is 1110. The van der Waals surface area contributed by atoms with Gasteiger partial charge in [0.2, 0.25) is 10.0 Å². The smallest absolute Gasteiger partial charge is 0.324 e. The van der Waals surface area contributed by atoms with Crippen LogP contribution in [0.25, 0.3) is 21.9 Å². The van der Waals surface area contributed by atoms with Crippen LogP contribution in [0.4, 0.5) is 4.39 Å². The fourth-order valence-corrected chi connectivity index (χ4v) is 4.24. The van der Waals surface area contributed by atoms with Crippen LogP contribution in [-0.2, 0) is 19.6 Å². The molecular formula is C20H22FNO5S. The fourth-order valence-electron chi connectivity index (χ4n) is 3.03. The zero-order chi connectivity index (χ0) is 20.5. The van der Waals surface area contributed by atoms with Crippen LogP contribution < -0.4 is 4.72 Å². The highest BCUT2D eigenvalue weighted by Gasteiger charge is 2.33. The van der Waals surface area contributed by atoms with Crippen LogP contribution in [0.2, 0.25) is 0 Å². The SMILES string of the molecule is CCOC(=O)[C@H](CC(C)(C)F)NS(=O)(=O)c1ccc2oc3ccccc3c2c1. The van der Waals surface area contributed by atoms with Crippen molar-refractivity contribution in [3.8, 4) is 0 Å². The number of hydrogen-bond donors (Lipinski definition) is 1. The quantitative estimate of drug-likeness (QED) is 0.600. The summed E-state index contributed by atoms with van der Waals surface area (Å²) in [7, 11) is -4.09. The second-order valence-electron chi connectivity index (χ2n) is 7.10. The normalized spacial score (nSPS) is 13.7. The van der Waals surface area contributed by atoms with E-state index in [1.807, 2.05) is 18.2 Å². The number of alkyl halides is 1. The van der Waals surface area contributed by atoms with Gasteiger partial charge < -0.3 is 9.15 Å². The summed E-state index contributed by atoms with van der Waals surface area (Å²) < 4.78 is 52.7. The fraction of sp³-hybridized carbons (Fsp3) is 0.350. The summed E-state index contributed by atoms with van der Waals surface area (Å²) in [6.07, 6.45) is -0.345. The zero-order valence-electron chi connectivity index (χ0n) is 15.9. The number of hydrogen-bond acceptors (Lipinski definition) is 5. The molecule has 0 aliphatic rings. The monoisotopic (exact) mass is 407 g/mol. The highest BCUT2D eigenvalue weighted by atomic mass is 32.2. The van der Waals surface area contributed by atoms with Gasteiger partial charge in [-0.25, -0.2) is 12.8 Å². The third kappa shape index (κ3) is 4.34. The summed E-state index contributed by atoms with van der Waals surface area (Å²) in [4.78, 5) is 12.1. The Labute approximate surface area is 162 Å². The lowest BCUT2D eigenvalue weighted by Gasteiger charge is -2.22. The van der Waals surface area contributed by atoms with Crippen molar-refractivity contribution in [1.82, 2.24) is 4.72 Å². The lowest BCUT2D eigenvalue weighted by Crippen LogP contribution is -2.44. The molecule has 1 aromatic heterocycles. The Kier molecular flexibility index (Phi) is 5.45. The topological polar surface area (TPSA) is 85.6 Å². The van der Waals surface area contributed by atoms with Gasteiger partial charge >= 0.3 is 5.97 Å². The van der Waals surface area contributed by atoms with Gasteiger partial charge in [0.05, 0.1) is 11.5 Å². The first kappa shape index (κ1) is 20.3. The number of nitrogens with one attached hydrogen (secondary N) is 1. The standard InChI is InChI=1S/C20H22FNO5S/c1-4-26-19(23)16(12-20(2,3)21)22-28(24,25)13-9-10-18-15(11-13)14-7-5-6-8-17(14)27-18/h5-11,16,22H,4,12H2,1-3H3/t16-/m0/s1. The van der Waals surface area contributed by atoms with Crippen LogP contribution in [0.5, 0.6) is 0 Å². The van der Waals surface area contributed by atoms with Crippen molar-refractivity contribution in [3.05, 3.63) is 42.5 Å². The van der Waals surface area contributed by atoms with E-state index in [9.17, 15) is 17.6 Å². The Balaban J connectivity index is 1.98. The molecule has 6 nitrogen and oxygen atoms in total. The van der Waals surface area contributed by atoms with E-state index in [-0.39, 0.29) is 17.9 Å². The van der Waals surface area contributed by atoms with Crippen LogP contribution in [-0.4, -0.2) is 32.7 Å². The summed E-state index contributed by atoms with van der Waals surface area (Å²) in [5.41, 5.74) is -0.569. The van der Waals surface area contributed by atoms with Gasteiger partial charge in [-0.1, -0.05) is 18.2 Å².